The highest BCUT2D eigenvalue weighted by Crippen LogP contribution is 2.36. The second-order valence-corrected chi connectivity index (χ2v) is 6.97. The van der Waals surface area contributed by atoms with E-state index >= 15 is 0 Å². The summed E-state index contributed by atoms with van der Waals surface area (Å²) in [5.74, 6) is -6.45. The van der Waals surface area contributed by atoms with Crippen molar-refractivity contribution in [1.82, 2.24) is 10.3 Å². The molecule has 0 aliphatic heterocycles. The number of amides is 1. The Kier molecular flexibility index (Phi) is 9.64. The van der Waals surface area contributed by atoms with E-state index in [0.717, 1.165) is 0 Å². The Hall–Kier alpha value is -3.82. The minimum absolute atomic E-state index is 0.179. The number of carboxylic acid groups (broad SMARTS) is 3. The Balaban J connectivity index is 0.000000762. The average Bonchev–Trinajstić information content (AvgIpc) is 3.10. The summed E-state index contributed by atoms with van der Waals surface area (Å²) in [5, 5.41) is 27.3. The molecule has 0 saturated carbocycles. The van der Waals surface area contributed by atoms with Crippen molar-refractivity contribution in [2.45, 2.75) is 43.7 Å². The number of hydrogen-bond donors (Lipinski definition) is 6. The summed E-state index contributed by atoms with van der Waals surface area (Å²) < 4.78 is 71.8. The van der Waals surface area contributed by atoms with Crippen LogP contribution in [0.5, 0.6) is 0 Å². The molecular formula is C19H19F6N3O7. The van der Waals surface area contributed by atoms with Crippen molar-refractivity contribution in [3.8, 4) is 0 Å². The van der Waals surface area contributed by atoms with Crippen LogP contribution in [0.1, 0.15) is 24.1 Å². The van der Waals surface area contributed by atoms with Crippen LogP contribution in [0.25, 0.3) is 10.9 Å². The highest BCUT2D eigenvalue weighted by atomic mass is 19.4. The highest BCUT2D eigenvalue weighted by molar-refractivity contribution is 5.89. The van der Waals surface area contributed by atoms with Crippen LogP contribution in [0.4, 0.5) is 26.3 Å². The summed E-state index contributed by atoms with van der Waals surface area (Å²) in [7, 11) is 0. The van der Waals surface area contributed by atoms with Crippen molar-refractivity contribution in [2.24, 2.45) is 5.73 Å². The number of carboxylic acids is 3. The molecule has 0 bridgehead atoms. The van der Waals surface area contributed by atoms with Gasteiger partial charge in [0.1, 0.15) is 11.7 Å². The molecule has 2 atom stereocenters. The van der Waals surface area contributed by atoms with Crippen molar-refractivity contribution in [1.29, 1.82) is 0 Å². The summed E-state index contributed by atoms with van der Waals surface area (Å²) in [6.45, 7) is 0. The van der Waals surface area contributed by atoms with Gasteiger partial charge in [-0.25, -0.2) is 9.59 Å². The number of rotatable bonds is 8. The molecule has 0 aliphatic carbocycles. The van der Waals surface area contributed by atoms with Gasteiger partial charge in [-0.05, 0) is 18.1 Å². The zero-order valence-electron chi connectivity index (χ0n) is 17.4. The zero-order valence-corrected chi connectivity index (χ0v) is 17.4. The molecular weight excluding hydrogens is 496 g/mol. The molecule has 0 unspecified atom stereocenters. The second kappa shape index (κ2) is 11.5. The lowest BCUT2D eigenvalue weighted by atomic mass is 10.0. The Labute approximate surface area is 191 Å². The number of halogens is 6. The number of fused-ring (bicyclic) bond motifs is 1. The molecule has 0 saturated heterocycles. The van der Waals surface area contributed by atoms with Gasteiger partial charge in [0.05, 0.1) is 6.04 Å². The molecule has 1 aromatic heterocycles. The van der Waals surface area contributed by atoms with E-state index in [9.17, 15) is 45.8 Å². The van der Waals surface area contributed by atoms with Gasteiger partial charge in [-0.15, -0.1) is 0 Å². The normalized spacial score (nSPS) is 13.3. The van der Waals surface area contributed by atoms with E-state index in [-0.39, 0.29) is 22.9 Å². The molecule has 2 rings (SSSR count). The van der Waals surface area contributed by atoms with Crippen LogP contribution in [0.3, 0.4) is 0 Å². The summed E-state index contributed by atoms with van der Waals surface area (Å²) in [4.78, 5) is 45.2. The van der Waals surface area contributed by atoms with Gasteiger partial charge in [-0.2, -0.15) is 26.3 Å². The Morgan fingerprint density at radius 3 is 2.00 bits per heavy atom. The number of aromatic nitrogens is 1. The van der Waals surface area contributed by atoms with E-state index in [0.29, 0.717) is 0 Å². The van der Waals surface area contributed by atoms with Crippen LogP contribution in [0, 0.1) is 0 Å². The molecule has 2 aromatic rings. The largest absolute Gasteiger partial charge is 0.490 e. The third-order valence-electron chi connectivity index (χ3n) is 4.37. The topological polar surface area (TPSA) is 183 Å². The van der Waals surface area contributed by atoms with E-state index in [4.69, 9.17) is 20.7 Å². The smallest absolute Gasteiger partial charge is 0.481 e. The lowest BCUT2D eigenvalue weighted by Gasteiger charge is -2.18. The van der Waals surface area contributed by atoms with Crippen LogP contribution < -0.4 is 11.1 Å². The number of aliphatic carboxylic acids is 3. The van der Waals surface area contributed by atoms with Crippen molar-refractivity contribution in [2.75, 3.05) is 0 Å². The van der Waals surface area contributed by atoms with Gasteiger partial charge >= 0.3 is 30.3 Å². The fourth-order valence-corrected chi connectivity index (χ4v) is 2.75. The standard InChI is InChI=1S/C17H18F3N3O5.C2HF3O2/c18-17(19,20)14-9(8-3-1-2-4-11(8)22-14)7-12(16(27)28)23-15(26)10(21)5-6-13(24)25;3-2(4,5)1(6)7/h1-4,10,12,22H,5-7,21H2,(H,23,26)(H,24,25)(H,27,28);(H,6,7)/t10-,12-;/m0./s1. The Morgan fingerprint density at radius 1 is 1.00 bits per heavy atom. The third kappa shape index (κ3) is 8.80. The number of nitrogens with two attached hydrogens (primary N) is 1. The number of para-hydroxylation sites is 1. The number of H-pyrrole nitrogens is 1. The van der Waals surface area contributed by atoms with Gasteiger partial charge in [0.15, 0.2) is 0 Å². The number of aromatic amines is 1. The lowest BCUT2D eigenvalue weighted by molar-refractivity contribution is -0.192. The van der Waals surface area contributed by atoms with Crippen molar-refractivity contribution in [3.05, 3.63) is 35.5 Å². The zero-order chi connectivity index (χ0) is 27.1. The first kappa shape index (κ1) is 29.2. The number of hydrogen-bond acceptors (Lipinski definition) is 5. The molecule has 1 aromatic carbocycles. The third-order valence-corrected chi connectivity index (χ3v) is 4.37. The van der Waals surface area contributed by atoms with E-state index in [2.05, 4.69) is 10.3 Å². The first-order valence-electron chi connectivity index (χ1n) is 9.42. The molecule has 1 amide bonds. The maximum absolute atomic E-state index is 13.4. The van der Waals surface area contributed by atoms with E-state index in [1.54, 1.807) is 0 Å². The summed E-state index contributed by atoms with van der Waals surface area (Å²) in [5.41, 5.74) is 4.31. The van der Waals surface area contributed by atoms with Crippen LogP contribution >= 0.6 is 0 Å². The van der Waals surface area contributed by atoms with Crippen LogP contribution in [0.2, 0.25) is 0 Å². The van der Waals surface area contributed by atoms with Crippen LogP contribution in [0.15, 0.2) is 24.3 Å². The van der Waals surface area contributed by atoms with Gasteiger partial charge in [0.2, 0.25) is 5.91 Å². The minimum Gasteiger partial charge on any atom is -0.481 e. The van der Waals surface area contributed by atoms with E-state index < -0.39 is 66.8 Å². The number of benzene rings is 1. The fourth-order valence-electron chi connectivity index (χ4n) is 2.75. The van der Waals surface area contributed by atoms with Crippen LogP contribution in [-0.4, -0.2) is 62.4 Å². The summed E-state index contributed by atoms with van der Waals surface area (Å²) >= 11 is 0. The molecule has 0 aliphatic rings. The predicted molar refractivity (Wildman–Crippen MR) is 105 cm³/mol. The van der Waals surface area contributed by atoms with Gasteiger partial charge in [0.25, 0.3) is 0 Å². The molecule has 35 heavy (non-hydrogen) atoms. The number of nitrogens with one attached hydrogen (secondary N) is 2. The van der Waals surface area contributed by atoms with Crippen molar-refractivity contribution < 1.29 is 60.8 Å². The molecule has 7 N–H and O–H groups in total. The molecule has 10 nitrogen and oxygen atoms in total. The predicted octanol–water partition coefficient (Wildman–Crippen LogP) is 2.12. The molecule has 16 heteroatoms. The Morgan fingerprint density at radius 2 is 1.54 bits per heavy atom. The maximum atomic E-state index is 13.4. The van der Waals surface area contributed by atoms with Gasteiger partial charge in [0, 0.05) is 23.7 Å². The van der Waals surface area contributed by atoms with Crippen molar-refractivity contribution in [3.63, 3.8) is 0 Å². The van der Waals surface area contributed by atoms with E-state index in [1.165, 1.54) is 24.3 Å². The molecule has 0 radical (unpaired) electrons. The quantitative estimate of drug-likeness (QED) is 0.289. The summed E-state index contributed by atoms with van der Waals surface area (Å²) in [6, 6.07) is 2.89. The first-order valence-corrected chi connectivity index (χ1v) is 9.42. The fraction of sp³-hybridized carbons (Fsp3) is 0.368. The van der Waals surface area contributed by atoms with E-state index in [1.807, 2.05) is 0 Å². The van der Waals surface area contributed by atoms with Gasteiger partial charge in [-0.1, -0.05) is 18.2 Å². The monoisotopic (exact) mass is 515 g/mol. The SMILES string of the molecule is N[C@@H](CCC(=O)O)C(=O)N[C@@H](Cc1c(C(F)(F)F)[nH]c2ccccc12)C(=O)O.O=C(O)C(F)(F)F. The number of carbonyl (C=O) groups excluding carboxylic acids is 1. The van der Waals surface area contributed by atoms with Crippen LogP contribution in [-0.2, 0) is 31.8 Å². The lowest BCUT2D eigenvalue weighted by Crippen LogP contribution is -2.49. The molecule has 0 fully saturated rings. The average molecular weight is 515 g/mol. The molecule has 0 spiro atoms. The maximum Gasteiger partial charge on any atom is 0.490 e. The van der Waals surface area contributed by atoms with Gasteiger partial charge < -0.3 is 31.4 Å². The molecule has 1 heterocycles. The van der Waals surface area contributed by atoms with Crippen molar-refractivity contribution >= 4 is 34.7 Å². The van der Waals surface area contributed by atoms with Gasteiger partial charge in [-0.3, -0.25) is 9.59 Å². The first-order chi connectivity index (χ1) is 15.9. The minimum atomic E-state index is -5.08. The summed E-state index contributed by atoms with van der Waals surface area (Å²) in [6.07, 6.45) is -11.1. The Bertz CT molecular complexity index is 1080. The highest BCUT2D eigenvalue weighted by Gasteiger charge is 2.39. The number of alkyl halides is 6. The number of carbonyl (C=O) groups is 4. The second-order valence-electron chi connectivity index (χ2n) is 6.97. The molecule has 194 valence electrons.